The highest BCUT2D eigenvalue weighted by Gasteiger charge is 2.19. The molecule has 0 radical (unpaired) electrons. The molecule has 0 aliphatic carbocycles. The Balaban J connectivity index is 1.56. The maximum Gasteiger partial charge on any atom is 0.354 e. The summed E-state index contributed by atoms with van der Waals surface area (Å²) in [6, 6.07) is 7.73. The lowest BCUT2D eigenvalue weighted by molar-refractivity contribution is -0.118. The minimum atomic E-state index is -1.26. The molecule has 1 aromatic carbocycles. The van der Waals surface area contributed by atoms with Gasteiger partial charge >= 0.3 is 5.97 Å². The molecule has 0 saturated carbocycles. The summed E-state index contributed by atoms with van der Waals surface area (Å²) in [5, 5.41) is 24.2. The van der Waals surface area contributed by atoms with E-state index in [1.165, 1.54) is 12.3 Å². The van der Waals surface area contributed by atoms with Crippen LogP contribution < -0.4 is 20.8 Å². The summed E-state index contributed by atoms with van der Waals surface area (Å²) in [5.41, 5.74) is 1.45. The van der Waals surface area contributed by atoms with Crippen LogP contribution in [0, 0.1) is 0 Å². The number of nitrogens with two attached hydrogens (primary N) is 1. The number of hydrogen-bond donors (Lipinski definition) is 4. The molecule has 0 saturated heterocycles. The topological polar surface area (TPSA) is 161 Å². The van der Waals surface area contributed by atoms with Crippen molar-refractivity contribution in [3.63, 3.8) is 0 Å². The zero-order valence-electron chi connectivity index (χ0n) is 14.9. The van der Waals surface area contributed by atoms with Crippen molar-refractivity contribution in [1.29, 1.82) is 0 Å². The fourth-order valence-electron chi connectivity index (χ4n) is 2.86. The van der Waals surface area contributed by atoms with Gasteiger partial charge in [-0.3, -0.25) is 15.0 Å². The number of carboxylic acid groups (broad SMARTS) is 1. The van der Waals surface area contributed by atoms with Crippen LogP contribution in [0.15, 0.2) is 30.3 Å². The fraction of sp³-hybridized carbons (Fsp3) is 0.111. The number of carbonyl (C=O) groups is 3. The second kappa shape index (κ2) is 7.03. The second-order valence-corrected chi connectivity index (χ2v) is 6.19. The van der Waals surface area contributed by atoms with E-state index < -0.39 is 11.9 Å². The van der Waals surface area contributed by atoms with Crippen molar-refractivity contribution < 1.29 is 29.6 Å². The Bertz CT molecular complexity index is 1180. The molecule has 146 valence electrons. The van der Waals surface area contributed by atoms with Crippen LogP contribution in [0.1, 0.15) is 32.2 Å². The zero-order valence-corrected chi connectivity index (χ0v) is 14.9. The molecule has 3 heterocycles. The number of carbonyl (C=O) groups excluding carboxylic acids is 2. The van der Waals surface area contributed by atoms with Crippen LogP contribution in [0.5, 0.6) is 5.75 Å². The zero-order chi connectivity index (χ0) is 20.5. The first kappa shape index (κ1) is 18.1. The average molecular weight is 395 g/mol. The molecule has 0 spiro atoms. The summed E-state index contributed by atoms with van der Waals surface area (Å²) in [6.45, 7) is 0.0969. The Labute approximate surface area is 162 Å². The van der Waals surface area contributed by atoms with E-state index in [-0.39, 0.29) is 36.1 Å². The largest absolute Gasteiger partial charge is 0.482 e. The Morgan fingerprint density at radius 2 is 2.17 bits per heavy atom. The summed E-state index contributed by atoms with van der Waals surface area (Å²) in [6.07, 6.45) is 1.21. The smallest absolute Gasteiger partial charge is 0.354 e. The fourth-order valence-corrected chi connectivity index (χ4v) is 2.86. The Hall–Kier alpha value is -4.28. The molecule has 2 amide bonds. The maximum absolute atomic E-state index is 12.5. The van der Waals surface area contributed by atoms with Crippen LogP contribution in [0.4, 0.5) is 5.69 Å². The number of amides is 2. The standard InChI is InChI=1S/C18H14N6O5/c19-6-10-4-15-21-12(5-13(18(27)28)24(15)23-10)17(26)20-7-9-1-2-14-11(3-9)22-16(25)8-29-14/h1-6,19H,7-8H2,(H,20,26)(H,22,25)(H,27,28)/p+1. The van der Waals surface area contributed by atoms with E-state index in [0.29, 0.717) is 22.7 Å². The number of nitrogens with zero attached hydrogens (tertiary/aromatic N) is 3. The molecule has 4 rings (SSSR count). The van der Waals surface area contributed by atoms with Gasteiger partial charge in [0.15, 0.2) is 29.9 Å². The normalized spacial score (nSPS) is 12.6. The number of carboxylic acids is 1. The minimum Gasteiger partial charge on any atom is -0.482 e. The van der Waals surface area contributed by atoms with Crippen molar-refractivity contribution in [2.75, 3.05) is 11.9 Å². The van der Waals surface area contributed by atoms with Gasteiger partial charge in [0.05, 0.1) is 5.69 Å². The predicted molar refractivity (Wildman–Crippen MR) is 98.8 cm³/mol. The lowest BCUT2D eigenvalue weighted by Crippen LogP contribution is -2.30. The molecule has 0 unspecified atom stereocenters. The highest BCUT2D eigenvalue weighted by Crippen LogP contribution is 2.28. The molecule has 1 aliphatic heterocycles. The molecule has 1 aliphatic rings. The predicted octanol–water partition coefficient (Wildman–Crippen LogP) is -1.13. The van der Waals surface area contributed by atoms with Gasteiger partial charge in [0.25, 0.3) is 11.8 Å². The number of rotatable bonds is 5. The molecule has 0 fully saturated rings. The lowest BCUT2D eigenvalue weighted by atomic mass is 10.1. The molecular formula is C18H15N6O5+. The quantitative estimate of drug-likeness (QED) is 0.397. The minimum absolute atomic E-state index is 0.0403. The van der Waals surface area contributed by atoms with Crippen LogP contribution in [-0.4, -0.2) is 50.3 Å². The van der Waals surface area contributed by atoms with Gasteiger partial charge < -0.3 is 20.5 Å². The van der Waals surface area contributed by atoms with Gasteiger partial charge in [0.1, 0.15) is 11.4 Å². The second-order valence-electron chi connectivity index (χ2n) is 6.19. The summed E-state index contributed by atoms with van der Waals surface area (Å²) in [5.74, 6) is -1.53. The van der Waals surface area contributed by atoms with Crippen LogP contribution in [-0.2, 0) is 11.3 Å². The molecule has 2 aromatic heterocycles. The van der Waals surface area contributed by atoms with Crippen molar-refractivity contribution in [2.24, 2.45) is 0 Å². The van der Waals surface area contributed by atoms with E-state index in [9.17, 15) is 19.5 Å². The van der Waals surface area contributed by atoms with Gasteiger partial charge in [0.2, 0.25) is 0 Å². The van der Waals surface area contributed by atoms with Gasteiger partial charge in [-0.2, -0.15) is 5.10 Å². The molecule has 29 heavy (non-hydrogen) atoms. The molecule has 3 aromatic rings. The number of hydrogen-bond acceptors (Lipinski definition) is 6. The molecule has 0 atom stereocenters. The monoisotopic (exact) mass is 395 g/mol. The van der Waals surface area contributed by atoms with Crippen LogP contribution in [0.2, 0.25) is 0 Å². The highest BCUT2D eigenvalue weighted by molar-refractivity contribution is 5.97. The Morgan fingerprint density at radius 1 is 1.34 bits per heavy atom. The first-order valence-corrected chi connectivity index (χ1v) is 8.47. The number of aromatic nitrogens is 3. The van der Waals surface area contributed by atoms with Crippen LogP contribution in [0.25, 0.3) is 5.65 Å². The average Bonchev–Trinajstić information content (AvgIpc) is 3.14. The van der Waals surface area contributed by atoms with E-state index in [1.807, 2.05) is 0 Å². The third-order valence-electron chi connectivity index (χ3n) is 4.20. The van der Waals surface area contributed by atoms with Gasteiger partial charge in [-0.15, -0.1) is 0 Å². The maximum atomic E-state index is 12.5. The molecule has 5 N–H and O–H groups in total. The number of aromatic carboxylic acids is 1. The number of anilines is 1. The van der Waals surface area contributed by atoms with E-state index in [2.05, 4.69) is 20.7 Å². The molecule has 11 heteroatoms. The SMILES string of the molecule is [NH2+]=Cc1cc2nc(C(=O)NCc3ccc4c(c3)NC(=O)CO4)cc(C(=O)O)n2n1. The first-order valence-electron chi connectivity index (χ1n) is 8.47. The Morgan fingerprint density at radius 3 is 2.93 bits per heavy atom. The summed E-state index contributed by atoms with van der Waals surface area (Å²) in [7, 11) is 0. The van der Waals surface area contributed by atoms with E-state index in [0.717, 1.165) is 10.6 Å². The Kier molecular flexibility index (Phi) is 4.39. The number of nitrogens with one attached hydrogen (secondary N) is 2. The van der Waals surface area contributed by atoms with E-state index in [4.69, 9.17) is 10.1 Å². The third kappa shape index (κ3) is 3.48. The first-order chi connectivity index (χ1) is 13.9. The summed E-state index contributed by atoms with van der Waals surface area (Å²) in [4.78, 5) is 39.6. The molecule has 0 bridgehead atoms. The van der Waals surface area contributed by atoms with Gasteiger partial charge in [-0.1, -0.05) is 6.07 Å². The van der Waals surface area contributed by atoms with Crippen molar-refractivity contribution in [1.82, 2.24) is 19.9 Å². The van der Waals surface area contributed by atoms with E-state index >= 15 is 0 Å². The van der Waals surface area contributed by atoms with Crippen LogP contribution in [0.3, 0.4) is 0 Å². The van der Waals surface area contributed by atoms with E-state index in [1.54, 1.807) is 18.2 Å². The van der Waals surface area contributed by atoms with Crippen LogP contribution >= 0.6 is 0 Å². The van der Waals surface area contributed by atoms with Crippen molar-refractivity contribution in [3.05, 3.63) is 53.0 Å². The van der Waals surface area contributed by atoms with Crippen molar-refractivity contribution in [3.8, 4) is 5.75 Å². The highest BCUT2D eigenvalue weighted by atomic mass is 16.5. The molecular weight excluding hydrogens is 380 g/mol. The third-order valence-corrected chi connectivity index (χ3v) is 4.20. The lowest BCUT2D eigenvalue weighted by Gasteiger charge is -2.18. The van der Waals surface area contributed by atoms with Gasteiger partial charge in [-0.05, 0) is 17.7 Å². The van der Waals surface area contributed by atoms with Crippen molar-refractivity contribution in [2.45, 2.75) is 6.54 Å². The van der Waals surface area contributed by atoms with Gasteiger partial charge in [-0.25, -0.2) is 14.3 Å². The number of fused-ring (bicyclic) bond motifs is 2. The molecule has 11 nitrogen and oxygen atoms in total. The number of ether oxygens (including phenoxy) is 1. The van der Waals surface area contributed by atoms with Gasteiger partial charge in [0, 0.05) is 18.7 Å². The number of benzene rings is 1. The summed E-state index contributed by atoms with van der Waals surface area (Å²) >= 11 is 0. The van der Waals surface area contributed by atoms with Crippen molar-refractivity contribution >= 4 is 35.3 Å². The summed E-state index contributed by atoms with van der Waals surface area (Å²) < 4.78 is 6.39.